The lowest BCUT2D eigenvalue weighted by Crippen LogP contribution is -2.01. The van der Waals surface area contributed by atoms with E-state index in [2.05, 4.69) is 50.4 Å². The summed E-state index contributed by atoms with van der Waals surface area (Å²) in [5.74, 6) is 0.674. The van der Waals surface area contributed by atoms with E-state index in [1.807, 2.05) is 0 Å². The molecule has 19 heavy (non-hydrogen) atoms. The Hall–Kier alpha value is -0.980. The molecule has 0 heterocycles. The fraction of sp³-hybridized carbons (Fsp3) is 0.667. The Bertz CT molecular complexity index is 315. The average molecular weight is 261 g/mol. The van der Waals surface area contributed by atoms with Crippen LogP contribution in [0.2, 0.25) is 0 Å². The van der Waals surface area contributed by atoms with Crippen molar-refractivity contribution >= 4 is 5.69 Å². The van der Waals surface area contributed by atoms with Crippen molar-refractivity contribution in [2.75, 3.05) is 11.9 Å². The quantitative estimate of drug-likeness (QED) is 0.511. The molecule has 0 aliphatic carbocycles. The van der Waals surface area contributed by atoms with Crippen molar-refractivity contribution < 1.29 is 0 Å². The maximum Gasteiger partial charge on any atom is 0.0340 e. The monoisotopic (exact) mass is 261 g/mol. The second kappa shape index (κ2) is 9.89. The molecule has 0 radical (unpaired) electrons. The van der Waals surface area contributed by atoms with Crippen LogP contribution in [0.15, 0.2) is 24.3 Å². The number of anilines is 1. The van der Waals surface area contributed by atoms with E-state index in [1.165, 1.54) is 56.2 Å². The molecule has 0 aliphatic heterocycles. The second-order valence-corrected chi connectivity index (χ2v) is 5.63. The van der Waals surface area contributed by atoms with Gasteiger partial charge < -0.3 is 5.32 Å². The highest BCUT2D eigenvalue weighted by atomic mass is 14.9. The third-order valence-electron chi connectivity index (χ3n) is 3.95. The van der Waals surface area contributed by atoms with Crippen molar-refractivity contribution in [1.29, 1.82) is 0 Å². The minimum absolute atomic E-state index is 0.674. The summed E-state index contributed by atoms with van der Waals surface area (Å²) in [7, 11) is 0. The van der Waals surface area contributed by atoms with Gasteiger partial charge in [0.15, 0.2) is 0 Å². The van der Waals surface area contributed by atoms with Crippen molar-refractivity contribution in [2.45, 2.75) is 71.6 Å². The normalized spacial score (nSPS) is 12.4. The van der Waals surface area contributed by atoms with Crippen LogP contribution >= 0.6 is 0 Å². The fourth-order valence-corrected chi connectivity index (χ4v) is 2.30. The maximum absolute atomic E-state index is 3.52. The van der Waals surface area contributed by atoms with E-state index in [-0.39, 0.29) is 0 Å². The molecule has 0 bridgehead atoms. The van der Waals surface area contributed by atoms with E-state index in [0.29, 0.717) is 5.92 Å². The van der Waals surface area contributed by atoms with Gasteiger partial charge >= 0.3 is 0 Å². The Balaban J connectivity index is 2.16. The molecule has 1 aromatic rings. The molecule has 1 nitrogen and oxygen atoms in total. The predicted molar refractivity (Wildman–Crippen MR) is 87.0 cm³/mol. The van der Waals surface area contributed by atoms with Crippen molar-refractivity contribution in [2.24, 2.45) is 0 Å². The molecule has 0 saturated heterocycles. The van der Waals surface area contributed by atoms with Gasteiger partial charge in [0, 0.05) is 12.2 Å². The van der Waals surface area contributed by atoms with Crippen LogP contribution in [-0.4, -0.2) is 6.54 Å². The smallest absolute Gasteiger partial charge is 0.0340 e. The Morgan fingerprint density at radius 2 is 1.53 bits per heavy atom. The highest BCUT2D eigenvalue weighted by Gasteiger charge is 2.01. The van der Waals surface area contributed by atoms with Gasteiger partial charge in [-0.3, -0.25) is 0 Å². The SMILES string of the molecule is CCCCCCCCNc1ccc(C(C)CC)cc1. The Morgan fingerprint density at radius 3 is 2.16 bits per heavy atom. The molecule has 0 spiro atoms. The third kappa shape index (κ3) is 6.66. The van der Waals surface area contributed by atoms with Crippen molar-refractivity contribution in [3.63, 3.8) is 0 Å². The van der Waals surface area contributed by atoms with Gasteiger partial charge in [-0.2, -0.15) is 0 Å². The van der Waals surface area contributed by atoms with Gasteiger partial charge in [0.05, 0.1) is 0 Å². The molecule has 1 heteroatoms. The van der Waals surface area contributed by atoms with Gasteiger partial charge in [-0.25, -0.2) is 0 Å². The maximum atomic E-state index is 3.52. The zero-order chi connectivity index (χ0) is 13.9. The Morgan fingerprint density at radius 1 is 0.895 bits per heavy atom. The van der Waals surface area contributed by atoms with Gasteiger partial charge in [-0.15, -0.1) is 0 Å². The molecule has 1 N–H and O–H groups in total. The minimum Gasteiger partial charge on any atom is -0.385 e. The molecular weight excluding hydrogens is 230 g/mol. The third-order valence-corrected chi connectivity index (χ3v) is 3.95. The Kier molecular flexibility index (Phi) is 8.36. The van der Waals surface area contributed by atoms with Crippen LogP contribution in [0.25, 0.3) is 0 Å². The molecular formula is C18H31N. The van der Waals surface area contributed by atoms with E-state index >= 15 is 0 Å². The lowest BCUT2D eigenvalue weighted by Gasteiger charge is -2.11. The van der Waals surface area contributed by atoms with Crippen LogP contribution in [0.4, 0.5) is 5.69 Å². The summed E-state index contributed by atoms with van der Waals surface area (Å²) in [6, 6.07) is 8.96. The lowest BCUT2D eigenvalue weighted by molar-refractivity contribution is 0.617. The van der Waals surface area contributed by atoms with Crippen LogP contribution in [0.1, 0.15) is 77.2 Å². The Labute approximate surface area is 119 Å². The van der Waals surface area contributed by atoms with Crippen molar-refractivity contribution in [3.05, 3.63) is 29.8 Å². The van der Waals surface area contributed by atoms with Gasteiger partial charge in [0.25, 0.3) is 0 Å². The molecule has 0 aliphatic rings. The molecule has 108 valence electrons. The first-order valence-electron chi connectivity index (χ1n) is 8.11. The zero-order valence-electron chi connectivity index (χ0n) is 13.0. The predicted octanol–water partition coefficient (Wildman–Crippen LogP) is 5.97. The standard InChI is InChI=1S/C18H31N/c1-4-6-7-8-9-10-15-19-18-13-11-17(12-14-18)16(3)5-2/h11-14,16,19H,4-10,15H2,1-3H3. The summed E-state index contributed by atoms with van der Waals surface area (Å²) in [6.07, 6.45) is 9.38. The second-order valence-electron chi connectivity index (χ2n) is 5.63. The first kappa shape index (κ1) is 16.1. The zero-order valence-corrected chi connectivity index (χ0v) is 13.0. The molecule has 1 rings (SSSR count). The van der Waals surface area contributed by atoms with Gasteiger partial charge in [-0.1, -0.05) is 65.0 Å². The highest BCUT2D eigenvalue weighted by Crippen LogP contribution is 2.20. The summed E-state index contributed by atoms with van der Waals surface area (Å²) < 4.78 is 0. The van der Waals surface area contributed by atoms with E-state index < -0.39 is 0 Å². The van der Waals surface area contributed by atoms with Crippen molar-refractivity contribution in [3.8, 4) is 0 Å². The number of rotatable bonds is 10. The molecule has 0 fully saturated rings. The first-order chi connectivity index (χ1) is 9.27. The minimum atomic E-state index is 0.674. The van der Waals surface area contributed by atoms with Gasteiger partial charge in [-0.05, 0) is 36.5 Å². The van der Waals surface area contributed by atoms with Crippen LogP contribution in [0.5, 0.6) is 0 Å². The summed E-state index contributed by atoms with van der Waals surface area (Å²) in [4.78, 5) is 0. The van der Waals surface area contributed by atoms with E-state index in [1.54, 1.807) is 0 Å². The fourth-order valence-electron chi connectivity index (χ4n) is 2.30. The number of nitrogens with one attached hydrogen (secondary N) is 1. The average Bonchev–Trinajstić information content (AvgIpc) is 2.46. The number of unbranched alkanes of at least 4 members (excludes halogenated alkanes) is 5. The summed E-state index contributed by atoms with van der Waals surface area (Å²) in [6.45, 7) is 7.91. The number of hydrogen-bond acceptors (Lipinski definition) is 1. The number of hydrogen-bond donors (Lipinski definition) is 1. The van der Waals surface area contributed by atoms with Crippen molar-refractivity contribution in [1.82, 2.24) is 0 Å². The van der Waals surface area contributed by atoms with Crippen LogP contribution in [0, 0.1) is 0 Å². The first-order valence-corrected chi connectivity index (χ1v) is 8.11. The van der Waals surface area contributed by atoms with E-state index in [0.717, 1.165) is 6.54 Å². The highest BCUT2D eigenvalue weighted by molar-refractivity contribution is 5.45. The van der Waals surface area contributed by atoms with Crippen LogP contribution in [-0.2, 0) is 0 Å². The molecule has 1 atom stereocenters. The number of benzene rings is 1. The van der Waals surface area contributed by atoms with E-state index in [9.17, 15) is 0 Å². The summed E-state index contributed by atoms with van der Waals surface area (Å²) >= 11 is 0. The molecule has 1 unspecified atom stereocenters. The van der Waals surface area contributed by atoms with Crippen LogP contribution < -0.4 is 5.32 Å². The molecule has 0 amide bonds. The lowest BCUT2D eigenvalue weighted by atomic mass is 9.99. The van der Waals surface area contributed by atoms with Gasteiger partial charge in [0.1, 0.15) is 0 Å². The van der Waals surface area contributed by atoms with E-state index in [4.69, 9.17) is 0 Å². The topological polar surface area (TPSA) is 12.0 Å². The van der Waals surface area contributed by atoms with Gasteiger partial charge in [0.2, 0.25) is 0 Å². The summed E-state index contributed by atoms with van der Waals surface area (Å²) in [5.41, 5.74) is 2.72. The molecule has 0 saturated carbocycles. The van der Waals surface area contributed by atoms with Crippen LogP contribution in [0.3, 0.4) is 0 Å². The largest absolute Gasteiger partial charge is 0.385 e. The molecule has 0 aromatic heterocycles. The molecule has 1 aromatic carbocycles. The summed E-state index contributed by atoms with van der Waals surface area (Å²) in [5, 5.41) is 3.52.